The van der Waals surface area contributed by atoms with Gasteiger partial charge in [-0.25, -0.2) is 9.59 Å². The van der Waals surface area contributed by atoms with Crippen LogP contribution in [0, 0.1) is 23.2 Å². The Balaban J connectivity index is 1.47. The summed E-state index contributed by atoms with van der Waals surface area (Å²) in [7, 11) is 1.28. The lowest BCUT2D eigenvalue weighted by Gasteiger charge is -2.65. The van der Waals surface area contributed by atoms with Crippen LogP contribution in [0.5, 0.6) is 0 Å². The summed E-state index contributed by atoms with van der Waals surface area (Å²) in [4.78, 5) is 52.3. The van der Waals surface area contributed by atoms with Gasteiger partial charge in [-0.2, -0.15) is 0 Å². The van der Waals surface area contributed by atoms with Crippen LogP contribution in [0.3, 0.4) is 0 Å². The number of ether oxygens (including phenoxy) is 2. The first-order chi connectivity index (χ1) is 15.0. The molecule has 8 nitrogen and oxygen atoms in total. The van der Waals surface area contributed by atoms with Crippen LogP contribution in [-0.2, 0) is 23.9 Å². The number of ketones is 1. The standard InChI is InChI=1S/C24H36N2O6/c1-23(2,3)32-22(30)26-13-16(24-10-14(11-24)12-24)9-18(26)20(28)25-17(21(29)31-4)8-15-6-5-7-19(15)27/h14-18H,5-13H2,1-4H3,(H,25,28)/t14?,15-,16?,17-,18-,24?/m0/s1. The molecule has 0 radical (unpaired) electrons. The average Bonchev–Trinajstić information content (AvgIpc) is 3.23. The zero-order chi connectivity index (χ0) is 23.3. The van der Waals surface area contributed by atoms with Crippen molar-refractivity contribution in [1.82, 2.24) is 10.2 Å². The highest BCUT2D eigenvalue weighted by Gasteiger charge is 2.63. The lowest BCUT2D eigenvalue weighted by Crippen LogP contribution is -2.56. The van der Waals surface area contributed by atoms with Crippen molar-refractivity contribution in [2.75, 3.05) is 13.7 Å². The molecule has 4 saturated carbocycles. The van der Waals surface area contributed by atoms with Gasteiger partial charge in [-0.15, -0.1) is 0 Å². The highest BCUT2D eigenvalue weighted by molar-refractivity contribution is 5.91. The van der Waals surface area contributed by atoms with Crippen LogP contribution in [-0.4, -0.2) is 60.0 Å². The molecule has 1 unspecified atom stereocenters. The van der Waals surface area contributed by atoms with Gasteiger partial charge >= 0.3 is 12.1 Å². The molecule has 1 saturated heterocycles. The van der Waals surface area contributed by atoms with E-state index in [2.05, 4.69) is 5.32 Å². The number of esters is 1. The lowest BCUT2D eigenvalue weighted by molar-refractivity contribution is -0.148. The third-order valence-corrected chi connectivity index (χ3v) is 7.94. The van der Waals surface area contributed by atoms with E-state index in [-0.39, 0.29) is 35.4 Å². The first-order valence-corrected chi connectivity index (χ1v) is 11.9. The minimum Gasteiger partial charge on any atom is -0.467 e. The molecule has 0 aromatic carbocycles. The van der Waals surface area contributed by atoms with E-state index in [1.807, 2.05) is 0 Å². The van der Waals surface area contributed by atoms with Crippen LogP contribution in [0.25, 0.3) is 0 Å². The molecule has 5 aliphatic rings. The molecular formula is C24H36N2O6. The monoisotopic (exact) mass is 448 g/mol. The number of hydrogen-bond acceptors (Lipinski definition) is 6. The molecule has 0 spiro atoms. The molecule has 2 bridgehead atoms. The van der Waals surface area contributed by atoms with Crippen molar-refractivity contribution in [3.63, 3.8) is 0 Å². The topological polar surface area (TPSA) is 102 Å². The summed E-state index contributed by atoms with van der Waals surface area (Å²) >= 11 is 0. The van der Waals surface area contributed by atoms with E-state index < -0.39 is 29.7 Å². The van der Waals surface area contributed by atoms with Crippen molar-refractivity contribution in [1.29, 1.82) is 0 Å². The minimum atomic E-state index is -0.894. The Morgan fingerprint density at radius 1 is 1.22 bits per heavy atom. The normalized spacial score (nSPS) is 34.4. The lowest BCUT2D eigenvalue weighted by atomic mass is 9.40. The number of hydrogen-bond donors (Lipinski definition) is 1. The Labute approximate surface area is 189 Å². The fourth-order valence-electron chi connectivity index (χ4n) is 6.14. The number of nitrogens with zero attached hydrogens (tertiary/aromatic N) is 1. The largest absolute Gasteiger partial charge is 0.467 e. The molecule has 4 atom stereocenters. The van der Waals surface area contributed by atoms with Gasteiger partial charge in [-0.05, 0) is 83.0 Å². The van der Waals surface area contributed by atoms with Gasteiger partial charge in [0.1, 0.15) is 23.5 Å². The maximum Gasteiger partial charge on any atom is 0.410 e. The molecule has 1 heterocycles. The maximum absolute atomic E-state index is 13.4. The van der Waals surface area contributed by atoms with Crippen molar-refractivity contribution >= 4 is 23.8 Å². The van der Waals surface area contributed by atoms with Crippen LogP contribution in [0.1, 0.15) is 72.1 Å². The van der Waals surface area contributed by atoms with Crippen LogP contribution < -0.4 is 5.32 Å². The highest BCUT2D eigenvalue weighted by Crippen LogP contribution is 2.69. The van der Waals surface area contributed by atoms with E-state index >= 15 is 0 Å². The SMILES string of the molecule is COC(=O)[C@H](C[C@@H]1CCCC1=O)NC(=O)[C@@H]1CC(C23CC(C2)C3)CN1C(=O)OC(C)(C)C. The maximum atomic E-state index is 13.4. The number of carbonyl (C=O) groups is 4. The zero-order valence-corrected chi connectivity index (χ0v) is 19.6. The molecule has 178 valence electrons. The molecule has 1 N–H and O–H groups in total. The molecule has 1 aliphatic heterocycles. The van der Waals surface area contributed by atoms with E-state index in [4.69, 9.17) is 9.47 Å². The molecular weight excluding hydrogens is 412 g/mol. The Hall–Kier alpha value is -2.12. The van der Waals surface area contributed by atoms with Gasteiger partial charge in [0.2, 0.25) is 5.91 Å². The van der Waals surface area contributed by atoms with Gasteiger partial charge in [-0.3, -0.25) is 14.5 Å². The van der Waals surface area contributed by atoms with Gasteiger partial charge in [0.05, 0.1) is 7.11 Å². The van der Waals surface area contributed by atoms with E-state index in [1.54, 1.807) is 25.7 Å². The van der Waals surface area contributed by atoms with Crippen molar-refractivity contribution < 1.29 is 28.7 Å². The Bertz CT molecular complexity index is 786. The number of likely N-dealkylation sites (tertiary alicyclic amines) is 1. The molecule has 0 aromatic rings. The van der Waals surface area contributed by atoms with E-state index in [9.17, 15) is 19.2 Å². The highest BCUT2D eigenvalue weighted by atomic mass is 16.6. The first kappa shape index (κ1) is 23.1. The zero-order valence-electron chi connectivity index (χ0n) is 19.6. The third-order valence-electron chi connectivity index (χ3n) is 7.94. The quantitative estimate of drug-likeness (QED) is 0.627. The Morgan fingerprint density at radius 3 is 2.41 bits per heavy atom. The van der Waals surface area contributed by atoms with Crippen molar-refractivity contribution in [2.45, 2.75) is 89.8 Å². The van der Waals surface area contributed by atoms with Gasteiger partial charge < -0.3 is 14.8 Å². The number of Topliss-reactive ketones (excluding diaryl/α,β-unsaturated/α-hetero) is 1. The number of rotatable bonds is 6. The Kier molecular flexibility index (Phi) is 6.01. The second kappa shape index (κ2) is 8.34. The van der Waals surface area contributed by atoms with Crippen LogP contribution in [0.15, 0.2) is 0 Å². The van der Waals surface area contributed by atoms with Crippen LogP contribution >= 0.6 is 0 Å². The average molecular weight is 449 g/mol. The van der Waals surface area contributed by atoms with Gasteiger partial charge in [-0.1, -0.05) is 0 Å². The van der Waals surface area contributed by atoms with Crippen molar-refractivity contribution in [2.24, 2.45) is 23.2 Å². The summed E-state index contributed by atoms with van der Waals surface area (Å²) in [6.45, 7) is 5.92. The Morgan fingerprint density at radius 2 is 1.91 bits per heavy atom. The molecule has 5 rings (SSSR count). The minimum absolute atomic E-state index is 0.132. The number of methoxy groups -OCH3 is 1. The molecule has 8 heteroatoms. The second-order valence-electron chi connectivity index (χ2n) is 11.3. The second-order valence-corrected chi connectivity index (χ2v) is 11.3. The summed E-state index contributed by atoms with van der Waals surface area (Å²) < 4.78 is 10.5. The fraction of sp³-hybridized carbons (Fsp3) is 0.833. The van der Waals surface area contributed by atoms with E-state index in [1.165, 1.54) is 26.4 Å². The van der Waals surface area contributed by atoms with Gasteiger partial charge in [0.15, 0.2) is 0 Å². The third kappa shape index (κ3) is 4.37. The smallest absolute Gasteiger partial charge is 0.410 e. The molecule has 4 aliphatic carbocycles. The predicted molar refractivity (Wildman–Crippen MR) is 116 cm³/mol. The summed E-state index contributed by atoms with van der Waals surface area (Å²) in [5, 5.41) is 2.81. The van der Waals surface area contributed by atoms with Crippen molar-refractivity contribution in [3.8, 4) is 0 Å². The first-order valence-electron chi connectivity index (χ1n) is 11.9. The number of carbonyl (C=O) groups excluding carboxylic acids is 4. The molecule has 5 fully saturated rings. The van der Waals surface area contributed by atoms with E-state index in [0.717, 1.165) is 18.8 Å². The molecule has 2 amide bonds. The molecule has 32 heavy (non-hydrogen) atoms. The van der Waals surface area contributed by atoms with Crippen LogP contribution in [0.4, 0.5) is 4.79 Å². The number of amides is 2. The summed E-state index contributed by atoms with van der Waals surface area (Å²) in [5.74, 6) is 0.0439. The van der Waals surface area contributed by atoms with Crippen molar-refractivity contribution in [3.05, 3.63) is 0 Å². The summed E-state index contributed by atoms with van der Waals surface area (Å²) in [6, 6.07) is -1.58. The summed E-state index contributed by atoms with van der Waals surface area (Å²) in [6.07, 6.45) is 5.93. The summed E-state index contributed by atoms with van der Waals surface area (Å²) in [5.41, 5.74) is -0.401. The fourth-order valence-corrected chi connectivity index (χ4v) is 6.14. The van der Waals surface area contributed by atoms with Gasteiger partial charge in [0.25, 0.3) is 0 Å². The number of nitrogens with one attached hydrogen (secondary N) is 1. The predicted octanol–water partition coefficient (Wildman–Crippen LogP) is 2.83. The van der Waals surface area contributed by atoms with Crippen LogP contribution in [0.2, 0.25) is 0 Å². The van der Waals surface area contributed by atoms with Gasteiger partial charge in [0, 0.05) is 18.9 Å². The molecule has 0 aromatic heterocycles. The van der Waals surface area contributed by atoms with E-state index in [0.29, 0.717) is 19.4 Å².